The van der Waals surface area contributed by atoms with Gasteiger partial charge in [-0.2, -0.15) is 0 Å². The summed E-state index contributed by atoms with van der Waals surface area (Å²) in [6, 6.07) is 0. The van der Waals surface area contributed by atoms with Crippen LogP contribution >= 0.6 is 0 Å². The molecule has 0 spiro atoms. The number of nitrogens with zero attached hydrogens (tertiary/aromatic N) is 1. The summed E-state index contributed by atoms with van der Waals surface area (Å²) in [7, 11) is 0. The summed E-state index contributed by atoms with van der Waals surface area (Å²) in [6.07, 6.45) is 3.36. The van der Waals surface area contributed by atoms with Gasteiger partial charge in [-0.3, -0.25) is 0 Å². The molecule has 2 heteroatoms. The van der Waals surface area contributed by atoms with E-state index in [0.29, 0.717) is 5.71 Å². The molecule has 0 amide bonds. The molecule has 2 nitrogen and oxygen atoms in total. The first kappa shape index (κ1) is 7.21. The molecule has 0 aromatic carbocycles. The fourth-order valence-electron chi connectivity index (χ4n) is 0.449. The van der Waals surface area contributed by atoms with Crippen LogP contribution in [-0.4, -0.2) is 10.9 Å². The Bertz CT molecular complexity index is 96.7. The van der Waals surface area contributed by atoms with Gasteiger partial charge in [0.15, 0.2) is 0 Å². The van der Waals surface area contributed by atoms with Gasteiger partial charge in [0, 0.05) is 0 Å². The second-order valence-electron chi connectivity index (χ2n) is 1.55. The monoisotopic (exact) mass is 113 g/mol. The van der Waals surface area contributed by atoms with E-state index in [9.17, 15) is 0 Å². The van der Waals surface area contributed by atoms with Crippen molar-refractivity contribution in [1.82, 2.24) is 0 Å². The highest BCUT2D eigenvalue weighted by Gasteiger charge is 1.87. The Balaban J connectivity index is 3.54. The minimum absolute atomic E-state index is 0.660. The minimum atomic E-state index is 0.660. The van der Waals surface area contributed by atoms with Crippen LogP contribution in [-0.2, 0) is 0 Å². The first-order chi connectivity index (χ1) is 3.85. The molecule has 46 valence electrons. The standard InChI is InChI=1S/C6H11NO/c1-3-5-6(4-2)7-8/h4,8H,2-3,5H2,1H3/b7-6-. The molecule has 0 aromatic rings. The van der Waals surface area contributed by atoms with Gasteiger partial charge in [-0.1, -0.05) is 25.1 Å². The molecule has 0 rings (SSSR count). The number of hydrogen-bond acceptors (Lipinski definition) is 2. The molecule has 0 bridgehead atoms. The summed E-state index contributed by atoms with van der Waals surface area (Å²) >= 11 is 0. The molecular weight excluding hydrogens is 102 g/mol. The highest BCUT2D eigenvalue weighted by atomic mass is 16.4. The average molecular weight is 113 g/mol. The van der Waals surface area contributed by atoms with E-state index in [1.807, 2.05) is 6.92 Å². The Morgan fingerprint density at radius 2 is 2.50 bits per heavy atom. The van der Waals surface area contributed by atoms with Crippen LogP contribution in [0.1, 0.15) is 19.8 Å². The van der Waals surface area contributed by atoms with Crippen molar-refractivity contribution < 1.29 is 5.21 Å². The van der Waals surface area contributed by atoms with Gasteiger partial charge in [0.05, 0.1) is 5.71 Å². The van der Waals surface area contributed by atoms with E-state index in [4.69, 9.17) is 5.21 Å². The third kappa shape index (κ3) is 2.39. The molecule has 0 fully saturated rings. The lowest BCUT2D eigenvalue weighted by molar-refractivity contribution is 0.318. The van der Waals surface area contributed by atoms with Gasteiger partial charge in [-0.25, -0.2) is 0 Å². The Kier molecular flexibility index (Phi) is 3.94. The molecule has 0 atom stereocenters. The summed E-state index contributed by atoms with van der Waals surface area (Å²) in [5, 5.41) is 11.2. The lowest BCUT2D eigenvalue weighted by Crippen LogP contribution is -1.89. The SMILES string of the molecule is C=C/C(CCC)=N/O. The quantitative estimate of drug-likeness (QED) is 0.338. The van der Waals surface area contributed by atoms with Crippen LogP contribution in [0, 0.1) is 0 Å². The first-order valence-electron chi connectivity index (χ1n) is 2.68. The van der Waals surface area contributed by atoms with E-state index in [2.05, 4.69) is 11.7 Å². The molecular formula is C6H11NO. The zero-order valence-corrected chi connectivity index (χ0v) is 5.09. The fraction of sp³-hybridized carbons (Fsp3) is 0.500. The van der Waals surface area contributed by atoms with Crippen molar-refractivity contribution in [2.75, 3.05) is 0 Å². The lowest BCUT2D eigenvalue weighted by atomic mass is 10.2. The summed E-state index contributed by atoms with van der Waals surface area (Å²) in [5.41, 5.74) is 0.660. The van der Waals surface area contributed by atoms with Crippen LogP contribution in [0.5, 0.6) is 0 Å². The van der Waals surface area contributed by atoms with Crippen LogP contribution < -0.4 is 0 Å². The van der Waals surface area contributed by atoms with Crippen LogP contribution in [0.25, 0.3) is 0 Å². The second-order valence-corrected chi connectivity index (χ2v) is 1.55. The highest BCUT2D eigenvalue weighted by Crippen LogP contribution is 1.90. The average Bonchev–Trinajstić information content (AvgIpc) is 1.83. The molecule has 0 saturated carbocycles. The maximum absolute atomic E-state index is 8.17. The van der Waals surface area contributed by atoms with Gasteiger partial charge in [0.1, 0.15) is 0 Å². The van der Waals surface area contributed by atoms with Gasteiger partial charge >= 0.3 is 0 Å². The van der Waals surface area contributed by atoms with Crippen LogP contribution in [0.3, 0.4) is 0 Å². The molecule has 1 N–H and O–H groups in total. The van der Waals surface area contributed by atoms with Crippen LogP contribution in [0.15, 0.2) is 17.8 Å². The number of allylic oxidation sites excluding steroid dienone is 1. The fourth-order valence-corrected chi connectivity index (χ4v) is 0.449. The van der Waals surface area contributed by atoms with E-state index in [-0.39, 0.29) is 0 Å². The maximum Gasteiger partial charge on any atom is 0.0789 e. The van der Waals surface area contributed by atoms with Crippen molar-refractivity contribution in [3.8, 4) is 0 Å². The molecule has 0 aliphatic rings. The summed E-state index contributed by atoms with van der Waals surface area (Å²) < 4.78 is 0. The van der Waals surface area contributed by atoms with E-state index in [1.165, 1.54) is 0 Å². The van der Waals surface area contributed by atoms with Crippen LogP contribution in [0.2, 0.25) is 0 Å². The molecule has 0 unspecified atom stereocenters. The molecule has 0 saturated heterocycles. The minimum Gasteiger partial charge on any atom is -0.411 e. The molecule has 0 aliphatic heterocycles. The van der Waals surface area contributed by atoms with E-state index in [0.717, 1.165) is 12.8 Å². The van der Waals surface area contributed by atoms with Gasteiger partial charge < -0.3 is 5.21 Å². The Labute approximate surface area is 49.5 Å². The Morgan fingerprint density at radius 1 is 1.88 bits per heavy atom. The lowest BCUT2D eigenvalue weighted by Gasteiger charge is -1.89. The summed E-state index contributed by atoms with van der Waals surface area (Å²) in [6.45, 7) is 5.48. The van der Waals surface area contributed by atoms with Crippen molar-refractivity contribution in [1.29, 1.82) is 0 Å². The Morgan fingerprint density at radius 3 is 2.62 bits per heavy atom. The third-order valence-electron chi connectivity index (χ3n) is 0.870. The predicted molar refractivity (Wildman–Crippen MR) is 34.3 cm³/mol. The van der Waals surface area contributed by atoms with Crippen molar-refractivity contribution >= 4 is 5.71 Å². The molecule has 0 radical (unpaired) electrons. The smallest absolute Gasteiger partial charge is 0.0789 e. The first-order valence-corrected chi connectivity index (χ1v) is 2.68. The second kappa shape index (κ2) is 4.37. The van der Waals surface area contributed by atoms with E-state index < -0.39 is 0 Å². The molecule has 0 heterocycles. The zero-order chi connectivity index (χ0) is 6.41. The van der Waals surface area contributed by atoms with Gasteiger partial charge in [0.2, 0.25) is 0 Å². The predicted octanol–water partition coefficient (Wildman–Crippen LogP) is 1.80. The Hall–Kier alpha value is -0.790. The topological polar surface area (TPSA) is 32.6 Å². The van der Waals surface area contributed by atoms with Crippen molar-refractivity contribution in [3.05, 3.63) is 12.7 Å². The van der Waals surface area contributed by atoms with E-state index in [1.54, 1.807) is 6.08 Å². The van der Waals surface area contributed by atoms with Gasteiger partial charge in [0.25, 0.3) is 0 Å². The molecule has 8 heavy (non-hydrogen) atoms. The van der Waals surface area contributed by atoms with Crippen molar-refractivity contribution in [2.45, 2.75) is 19.8 Å². The normalized spacial score (nSPS) is 11.4. The van der Waals surface area contributed by atoms with Crippen molar-refractivity contribution in [3.63, 3.8) is 0 Å². The van der Waals surface area contributed by atoms with E-state index >= 15 is 0 Å². The number of rotatable bonds is 3. The maximum atomic E-state index is 8.17. The summed E-state index contributed by atoms with van der Waals surface area (Å²) in [5.74, 6) is 0. The summed E-state index contributed by atoms with van der Waals surface area (Å²) in [4.78, 5) is 0. The molecule has 0 aromatic heterocycles. The van der Waals surface area contributed by atoms with Gasteiger partial charge in [-0.15, -0.1) is 0 Å². The zero-order valence-electron chi connectivity index (χ0n) is 5.09. The van der Waals surface area contributed by atoms with Gasteiger partial charge in [-0.05, 0) is 12.5 Å². The third-order valence-corrected chi connectivity index (χ3v) is 0.870. The van der Waals surface area contributed by atoms with Crippen molar-refractivity contribution in [2.24, 2.45) is 5.16 Å². The largest absolute Gasteiger partial charge is 0.411 e. The van der Waals surface area contributed by atoms with Crippen LogP contribution in [0.4, 0.5) is 0 Å². The highest BCUT2D eigenvalue weighted by molar-refractivity contribution is 5.93. The number of oxime groups is 1. The number of hydrogen-bond donors (Lipinski definition) is 1. The molecule has 0 aliphatic carbocycles.